The zero-order valence-corrected chi connectivity index (χ0v) is 31.7. The van der Waals surface area contributed by atoms with E-state index < -0.39 is 0 Å². The molecule has 0 spiro atoms. The normalized spacial score (nSPS) is 14.1. The van der Waals surface area contributed by atoms with Crippen LogP contribution in [0.4, 0.5) is 28.4 Å². The molecule has 4 heteroatoms. The summed E-state index contributed by atoms with van der Waals surface area (Å²) < 4.78 is 2.57. The Morgan fingerprint density at radius 1 is 0.482 bits per heavy atom. The van der Waals surface area contributed by atoms with Crippen molar-refractivity contribution >= 4 is 68.0 Å². The molecule has 0 amide bonds. The quantitative estimate of drug-likeness (QED) is 0.168. The first kappa shape index (κ1) is 31.6. The van der Waals surface area contributed by atoms with E-state index in [-0.39, 0.29) is 12.3 Å². The fourth-order valence-electron chi connectivity index (χ4n) is 10.4. The highest BCUT2D eigenvalue weighted by atomic mass is 15.2. The van der Waals surface area contributed by atoms with Crippen LogP contribution in [0.25, 0.3) is 49.7 Å². The molecule has 12 rings (SSSR count). The Labute approximate surface area is 327 Å². The second-order valence-electron chi connectivity index (χ2n) is 16.2. The van der Waals surface area contributed by atoms with E-state index in [1.807, 2.05) is 0 Å². The van der Waals surface area contributed by atoms with Crippen LogP contribution in [0.2, 0.25) is 0 Å². The molecule has 3 aliphatic rings. The van der Waals surface area contributed by atoms with Crippen LogP contribution in [0.3, 0.4) is 0 Å². The number of rotatable bonds is 4. The second kappa shape index (κ2) is 11.4. The zero-order valence-electron chi connectivity index (χ0n) is 31.7. The van der Waals surface area contributed by atoms with Crippen molar-refractivity contribution in [1.82, 2.24) is 4.57 Å². The van der Waals surface area contributed by atoms with Crippen LogP contribution in [-0.4, -0.2) is 11.4 Å². The van der Waals surface area contributed by atoms with Crippen LogP contribution in [0, 0.1) is 6.92 Å². The van der Waals surface area contributed by atoms with Crippen LogP contribution in [0.15, 0.2) is 176 Å². The molecular weight excluding hydrogens is 677 g/mol. The Bertz CT molecular complexity index is 3050. The standard InChI is InChI=1S/C52H38BN3/c1-33-17-10-14-27-46(33)56-48-32-40-37-22-11-13-25-43(37)52(2,3)44(40)31-41(48)42-29-36(54(34-18-6-4-7-19-34)35-20-8-5-9-21-35)30-49-50(42)53(56)45-26-16-24-39-38-23-12-15-28-47(38)55(49)51(39)45/h4-32H,1-3H3. The molecule has 1 aromatic heterocycles. The van der Waals surface area contributed by atoms with Gasteiger partial charge in [-0.3, -0.25) is 0 Å². The molecule has 0 saturated heterocycles. The van der Waals surface area contributed by atoms with E-state index >= 15 is 0 Å². The van der Waals surface area contributed by atoms with E-state index in [0.717, 1.165) is 17.1 Å². The van der Waals surface area contributed by atoms with Gasteiger partial charge in [-0.1, -0.05) is 129 Å². The van der Waals surface area contributed by atoms with Crippen molar-refractivity contribution in [1.29, 1.82) is 0 Å². The predicted octanol–water partition coefficient (Wildman–Crippen LogP) is 12.1. The van der Waals surface area contributed by atoms with E-state index in [9.17, 15) is 0 Å². The maximum absolute atomic E-state index is 2.67. The first-order valence-corrected chi connectivity index (χ1v) is 19.7. The molecule has 0 N–H and O–H groups in total. The predicted molar refractivity (Wildman–Crippen MR) is 237 cm³/mol. The summed E-state index contributed by atoms with van der Waals surface area (Å²) >= 11 is 0. The molecule has 56 heavy (non-hydrogen) atoms. The van der Waals surface area contributed by atoms with Crippen LogP contribution in [-0.2, 0) is 5.41 Å². The Kier molecular flexibility index (Phi) is 6.41. The minimum absolute atomic E-state index is 0.0484. The topological polar surface area (TPSA) is 11.4 Å². The zero-order chi connectivity index (χ0) is 37.3. The summed E-state index contributed by atoms with van der Waals surface area (Å²) in [6.45, 7) is 7.00. The largest absolute Gasteiger partial charge is 0.376 e. The van der Waals surface area contributed by atoms with Gasteiger partial charge >= 0.3 is 6.85 Å². The van der Waals surface area contributed by atoms with Gasteiger partial charge in [-0.15, -0.1) is 0 Å². The molecule has 1 aliphatic carbocycles. The van der Waals surface area contributed by atoms with E-state index in [0.29, 0.717) is 0 Å². The Hall–Kier alpha value is -6.78. The molecule has 3 nitrogen and oxygen atoms in total. The van der Waals surface area contributed by atoms with Gasteiger partial charge in [0.1, 0.15) is 0 Å². The van der Waals surface area contributed by atoms with Crippen LogP contribution >= 0.6 is 0 Å². The van der Waals surface area contributed by atoms with Gasteiger partial charge in [0.05, 0.1) is 11.0 Å². The third-order valence-corrected chi connectivity index (χ3v) is 12.8. The van der Waals surface area contributed by atoms with Crippen LogP contribution < -0.4 is 20.6 Å². The lowest BCUT2D eigenvalue weighted by Gasteiger charge is -2.43. The summed E-state index contributed by atoms with van der Waals surface area (Å²) in [6, 6.07) is 65.6. The SMILES string of the molecule is Cc1ccccc1N1B2c3c(cc(N(c4ccccc4)c4ccccc4)cc3-n3c4ccccc4c4cccc2c43)-c2cc3c(cc21)-c1ccccc1C3(C)C. The minimum Gasteiger partial charge on any atom is -0.376 e. The lowest BCUT2D eigenvalue weighted by molar-refractivity contribution is 0.660. The number of fused-ring (bicyclic) bond motifs is 10. The Morgan fingerprint density at radius 2 is 1.16 bits per heavy atom. The molecule has 0 radical (unpaired) electrons. The third kappa shape index (κ3) is 4.13. The smallest absolute Gasteiger partial charge is 0.333 e. The minimum atomic E-state index is -0.140. The van der Waals surface area contributed by atoms with Gasteiger partial charge in [-0.25, -0.2) is 0 Å². The van der Waals surface area contributed by atoms with Crippen molar-refractivity contribution < 1.29 is 0 Å². The fourth-order valence-corrected chi connectivity index (χ4v) is 10.4. The average molecular weight is 716 g/mol. The van der Waals surface area contributed by atoms with Gasteiger partial charge < -0.3 is 14.3 Å². The van der Waals surface area contributed by atoms with Crippen LogP contribution in [0.1, 0.15) is 30.5 Å². The molecule has 0 fully saturated rings. The van der Waals surface area contributed by atoms with E-state index in [2.05, 4.69) is 211 Å². The fraction of sp³-hybridized carbons (Fsp3) is 0.0769. The highest BCUT2D eigenvalue weighted by Crippen LogP contribution is 2.55. The number of hydrogen-bond acceptors (Lipinski definition) is 2. The van der Waals surface area contributed by atoms with E-state index in [1.165, 1.54) is 88.7 Å². The molecule has 3 heterocycles. The van der Waals surface area contributed by atoms with Crippen LogP contribution in [0.5, 0.6) is 0 Å². The summed E-state index contributed by atoms with van der Waals surface area (Å²) in [4.78, 5) is 5.10. The third-order valence-electron chi connectivity index (χ3n) is 12.8. The van der Waals surface area contributed by atoms with Gasteiger partial charge in [0.25, 0.3) is 0 Å². The highest BCUT2D eigenvalue weighted by molar-refractivity contribution is 6.93. The number of benzene rings is 8. The Morgan fingerprint density at radius 3 is 1.95 bits per heavy atom. The summed E-state index contributed by atoms with van der Waals surface area (Å²) in [5.41, 5.74) is 21.4. The number of para-hydroxylation sites is 5. The lowest BCUT2D eigenvalue weighted by Crippen LogP contribution is -2.60. The van der Waals surface area contributed by atoms with E-state index in [4.69, 9.17) is 0 Å². The number of anilines is 5. The molecule has 9 aromatic rings. The molecule has 0 atom stereocenters. The molecule has 8 aromatic carbocycles. The molecule has 2 aliphatic heterocycles. The molecular formula is C52H38BN3. The van der Waals surface area contributed by atoms with E-state index in [1.54, 1.807) is 0 Å². The first-order chi connectivity index (χ1) is 27.5. The van der Waals surface area contributed by atoms with Crippen molar-refractivity contribution in [3.8, 4) is 27.9 Å². The number of nitrogens with zero attached hydrogens (tertiary/aromatic N) is 3. The summed E-state index contributed by atoms with van der Waals surface area (Å²) in [6.07, 6.45) is 0. The lowest BCUT2D eigenvalue weighted by atomic mass is 9.44. The molecule has 264 valence electrons. The summed E-state index contributed by atoms with van der Waals surface area (Å²) in [7, 11) is 0. The Balaban J connectivity index is 1.26. The highest BCUT2D eigenvalue weighted by Gasteiger charge is 2.46. The second-order valence-corrected chi connectivity index (χ2v) is 16.2. The van der Waals surface area contributed by atoms with Crippen molar-refractivity contribution in [3.05, 3.63) is 193 Å². The van der Waals surface area contributed by atoms with Gasteiger partial charge in [0.15, 0.2) is 0 Å². The maximum Gasteiger partial charge on any atom is 0.333 e. The van der Waals surface area contributed by atoms with Gasteiger partial charge in [-0.05, 0) is 112 Å². The van der Waals surface area contributed by atoms with Gasteiger partial charge in [-0.2, -0.15) is 0 Å². The van der Waals surface area contributed by atoms with Gasteiger partial charge in [0, 0.05) is 55.9 Å². The number of aromatic nitrogens is 1. The molecule has 0 saturated carbocycles. The monoisotopic (exact) mass is 715 g/mol. The summed E-state index contributed by atoms with van der Waals surface area (Å²) in [5, 5.41) is 2.57. The summed E-state index contributed by atoms with van der Waals surface area (Å²) in [5.74, 6) is 0. The van der Waals surface area contributed by atoms with Crippen molar-refractivity contribution in [2.75, 3.05) is 9.71 Å². The molecule has 0 unspecified atom stereocenters. The molecule has 0 bridgehead atoms. The van der Waals surface area contributed by atoms with Crippen molar-refractivity contribution in [2.24, 2.45) is 0 Å². The number of aryl methyl sites for hydroxylation is 1. The average Bonchev–Trinajstić information content (AvgIpc) is 3.69. The van der Waals surface area contributed by atoms with Gasteiger partial charge in [0.2, 0.25) is 0 Å². The van der Waals surface area contributed by atoms with Crippen molar-refractivity contribution in [3.63, 3.8) is 0 Å². The first-order valence-electron chi connectivity index (χ1n) is 19.7. The van der Waals surface area contributed by atoms with Crippen molar-refractivity contribution in [2.45, 2.75) is 26.2 Å². The maximum atomic E-state index is 2.67. The number of hydrogen-bond donors (Lipinski definition) is 0.